The van der Waals surface area contributed by atoms with Crippen molar-refractivity contribution in [2.75, 3.05) is 24.7 Å². The number of benzene rings is 1. The lowest BCUT2D eigenvalue weighted by Crippen LogP contribution is -2.34. The fraction of sp³-hybridized carbons (Fsp3) is 0.579. The summed E-state index contributed by atoms with van der Waals surface area (Å²) in [7, 11) is 5.65. The SMILES string of the molecule is Cc1cccc(NC(=O)CN(C)C(=O)CCCCC2CCSS2)c1C. The highest BCUT2D eigenvalue weighted by molar-refractivity contribution is 8.77. The first-order valence-corrected chi connectivity index (χ1v) is 11.2. The second-order valence-corrected chi connectivity index (χ2v) is 9.41. The Bertz CT molecular complexity index is 601. The summed E-state index contributed by atoms with van der Waals surface area (Å²) in [6.07, 6.45) is 5.01. The highest BCUT2D eigenvalue weighted by Crippen LogP contribution is 2.39. The predicted molar refractivity (Wildman–Crippen MR) is 109 cm³/mol. The zero-order valence-corrected chi connectivity index (χ0v) is 17.0. The van der Waals surface area contributed by atoms with Gasteiger partial charge in [0.2, 0.25) is 11.8 Å². The van der Waals surface area contributed by atoms with Crippen LogP contribution in [-0.2, 0) is 9.59 Å². The Morgan fingerprint density at radius 3 is 2.80 bits per heavy atom. The molecule has 1 N–H and O–H groups in total. The summed E-state index contributed by atoms with van der Waals surface area (Å²) in [5.41, 5.74) is 3.02. The van der Waals surface area contributed by atoms with Crippen molar-refractivity contribution in [2.45, 2.75) is 51.2 Å². The molecule has 1 aromatic rings. The number of hydrogen-bond acceptors (Lipinski definition) is 4. The van der Waals surface area contributed by atoms with Crippen molar-refractivity contribution in [1.82, 2.24) is 4.90 Å². The topological polar surface area (TPSA) is 49.4 Å². The molecule has 0 radical (unpaired) electrons. The molecule has 2 amide bonds. The van der Waals surface area contributed by atoms with Gasteiger partial charge >= 0.3 is 0 Å². The first kappa shape index (κ1) is 20.2. The number of anilines is 1. The lowest BCUT2D eigenvalue weighted by atomic mass is 10.1. The minimum Gasteiger partial charge on any atom is -0.336 e. The molecule has 0 spiro atoms. The number of hydrogen-bond donors (Lipinski definition) is 1. The smallest absolute Gasteiger partial charge is 0.243 e. The fourth-order valence-corrected chi connectivity index (χ4v) is 5.81. The summed E-state index contributed by atoms with van der Waals surface area (Å²) < 4.78 is 0. The molecule has 0 saturated carbocycles. The minimum absolute atomic E-state index is 0.0459. The van der Waals surface area contributed by atoms with Gasteiger partial charge in [0.25, 0.3) is 0 Å². The molecule has 4 nitrogen and oxygen atoms in total. The Hall–Kier alpha value is -1.14. The van der Waals surface area contributed by atoms with Crippen LogP contribution in [0.25, 0.3) is 0 Å². The Labute approximate surface area is 158 Å². The number of carbonyl (C=O) groups excluding carboxylic acids is 2. The summed E-state index contributed by atoms with van der Waals surface area (Å²) in [4.78, 5) is 25.9. The highest BCUT2D eigenvalue weighted by atomic mass is 33.1. The maximum absolute atomic E-state index is 12.2. The number of unbranched alkanes of at least 4 members (excludes halogenated alkanes) is 1. The van der Waals surface area contributed by atoms with E-state index in [4.69, 9.17) is 0 Å². The van der Waals surface area contributed by atoms with E-state index in [0.29, 0.717) is 6.42 Å². The van der Waals surface area contributed by atoms with Crippen LogP contribution in [-0.4, -0.2) is 41.3 Å². The van der Waals surface area contributed by atoms with Crippen LogP contribution >= 0.6 is 21.6 Å². The highest BCUT2D eigenvalue weighted by Gasteiger charge is 2.17. The number of amides is 2. The van der Waals surface area contributed by atoms with Crippen LogP contribution in [0.1, 0.15) is 43.2 Å². The van der Waals surface area contributed by atoms with Crippen LogP contribution in [0.3, 0.4) is 0 Å². The second-order valence-electron chi connectivity index (χ2n) is 6.62. The van der Waals surface area contributed by atoms with E-state index in [2.05, 4.69) is 5.32 Å². The van der Waals surface area contributed by atoms with Gasteiger partial charge < -0.3 is 10.2 Å². The van der Waals surface area contributed by atoms with Crippen LogP contribution in [0.5, 0.6) is 0 Å². The minimum atomic E-state index is -0.149. The molecule has 6 heteroatoms. The third-order valence-corrected chi connectivity index (χ3v) is 7.59. The Balaban J connectivity index is 1.68. The molecule has 1 fully saturated rings. The standard InChI is InChI=1S/C19H28N2O2S2/c1-14-7-6-9-17(15(14)2)20-18(22)13-21(3)19(23)10-5-4-8-16-11-12-24-25-16/h6-7,9,16H,4-5,8,10-13H2,1-3H3,(H,20,22). The molecule has 0 aromatic heterocycles. The molecule has 1 atom stereocenters. The lowest BCUT2D eigenvalue weighted by Gasteiger charge is -2.18. The Morgan fingerprint density at radius 2 is 2.08 bits per heavy atom. The number of nitrogens with one attached hydrogen (secondary N) is 1. The van der Waals surface area contributed by atoms with Crippen molar-refractivity contribution in [3.63, 3.8) is 0 Å². The zero-order chi connectivity index (χ0) is 18.2. The van der Waals surface area contributed by atoms with Crippen LogP contribution in [0.2, 0.25) is 0 Å². The number of carbonyl (C=O) groups is 2. The van der Waals surface area contributed by atoms with Gasteiger partial charge in [0.1, 0.15) is 0 Å². The Kier molecular flexibility index (Phi) is 8.16. The molecule has 1 aromatic carbocycles. The van der Waals surface area contributed by atoms with Crippen LogP contribution in [0, 0.1) is 13.8 Å². The molecule has 2 rings (SSSR count). The van der Waals surface area contributed by atoms with Crippen LogP contribution in [0.4, 0.5) is 5.69 Å². The van der Waals surface area contributed by atoms with Gasteiger partial charge in [-0.25, -0.2) is 0 Å². The fourth-order valence-electron chi connectivity index (χ4n) is 2.78. The van der Waals surface area contributed by atoms with Gasteiger partial charge in [-0.2, -0.15) is 0 Å². The summed E-state index contributed by atoms with van der Waals surface area (Å²) in [5.74, 6) is 1.15. The summed E-state index contributed by atoms with van der Waals surface area (Å²) in [5, 5.41) is 3.67. The van der Waals surface area contributed by atoms with Crippen molar-refractivity contribution in [2.24, 2.45) is 0 Å². The number of likely N-dealkylation sites (N-methyl/N-ethyl adjacent to an activating group) is 1. The van der Waals surface area contributed by atoms with E-state index in [1.807, 2.05) is 53.6 Å². The van der Waals surface area contributed by atoms with Gasteiger partial charge in [-0.1, -0.05) is 40.1 Å². The molecule has 1 aliphatic rings. The third-order valence-electron chi connectivity index (χ3n) is 4.58. The molecule has 25 heavy (non-hydrogen) atoms. The van der Waals surface area contributed by atoms with E-state index >= 15 is 0 Å². The number of nitrogens with zero attached hydrogens (tertiary/aromatic N) is 1. The molecular weight excluding hydrogens is 352 g/mol. The molecule has 1 heterocycles. The van der Waals surface area contributed by atoms with E-state index in [0.717, 1.165) is 34.9 Å². The monoisotopic (exact) mass is 380 g/mol. The zero-order valence-electron chi connectivity index (χ0n) is 15.3. The summed E-state index contributed by atoms with van der Waals surface area (Å²) in [6.45, 7) is 4.10. The molecule has 0 aliphatic carbocycles. The van der Waals surface area contributed by atoms with E-state index in [1.54, 1.807) is 7.05 Å². The molecule has 0 bridgehead atoms. The Morgan fingerprint density at radius 1 is 1.28 bits per heavy atom. The molecule has 1 aliphatic heterocycles. The molecular formula is C19H28N2O2S2. The van der Waals surface area contributed by atoms with Crippen molar-refractivity contribution < 1.29 is 9.59 Å². The van der Waals surface area contributed by atoms with Gasteiger partial charge in [-0.05, 0) is 50.3 Å². The molecule has 1 saturated heterocycles. The van der Waals surface area contributed by atoms with Crippen LogP contribution in [0.15, 0.2) is 18.2 Å². The number of aryl methyl sites for hydroxylation is 1. The van der Waals surface area contributed by atoms with E-state index in [1.165, 1.54) is 23.5 Å². The summed E-state index contributed by atoms with van der Waals surface area (Å²) in [6, 6.07) is 5.83. The van der Waals surface area contributed by atoms with Gasteiger partial charge in [0.15, 0.2) is 0 Å². The number of rotatable bonds is 8. The van der Waals surface area contributed by atoms with Crippen molar-refractivity contribution in [3.05, 3.63) is 29.3 Å². The quantitative estimate of drug-likeness (QED) is 0.536. The van der Waals surface area contributed by atoms with E-state index in [9.17, 15) is 9.59 Å². The first-order valence-electron chi connectivity index (χ1n) is 8.85. The maximum atomic E-state index is 12.2. The largest absolute Gasteiger partial charge is 0.336 e. The average molecular weight is 381 g/mol. The van der Waals surface area contributed by atoms with Gasteiger partial charge in [-0.15, -0.1) is 0 Å². The van der Waals surface area contributed by atoms with Crippen molar-refractivity contribution in [1.29, 1.82) is 0 Å². The average Bonchev–Trinajstić information content (AvgIpc) is 3.09. The third kappa shape index (κ3) is 6.59. The van der Waals surface area contributed by atoms with Crippen LogP contribution < -0.4 is 5.32 Å². The van der Waals surface area contributed by atoms with E-state index < -0.39 is 0 Å². The molecule has 1 unspecified atom stereocenters. The second kappa shape index (κ2) is 10.1. The molecule has 138 valence electrons. The normalized spacial score (nSPS) is 16.7. The lowest BCUT2D eigenvalue weighted by molar-refractivity contribution is -0.133. The predicted octanol–water partition coefficient (Wildman–Crippen LogP) is 4.41. The summed E-state index contributed by atoms with van der Waals surface area (Å²) >= 11 is 0. The maximum Gasteiger partial charge on any atom is 0.243 e. The van der Waals surface area contributed by atoms with E-state index in [-0.39, 0.29) is 18.4 Å². The first-order chi connectivity index (χ1) is 12.0. The van der Waals surface area contributed by atoms with Gasteiger partial charge in [0, 0.05) is 30.2 Å². The van der Waals surface area contributed by atoms with Gasteiger partial charge in [0.05, 0.1) is 6.54 Å². The van der Waals surface area contributed by atoms with Crippen molar-refractivity contribution >= 4 is 39.1 Å². The van der Waals surface area contributed by atoms with Gasteiger partial charge in [-0.3, -0.25) is 9.59 Å². The van der Waals surface area contributed by atoms with Crippen molar-refractivity contribution in [3.8, 4) is 0 Å².